The molecule has 20 heavy (non-hydrogen) atoms. The van der Waals surface area contributed by atoms with Gasteiger partial charge in [-0.2, -0.15) is 0 Å². The number of likely N-dealkylation sites (tertiary alicyclic amines) is 1. The summed E-state index contributed by atoms with van der Waals surface area (Å²) < 4.78 is 1.12. The van der Waals surface area contributed by atoms with Crippen molar-refractivity contribution in [2.75, 3.05) is 26.2 Å². The summed E-state index contributed by atoms with van der Waals surface area (Å²) in [6, 6.07) is 8.96. The molecule has 1 heterocycles. The summed E-state index contributed by atoms with van der Waals surface area (Å²) in [6.45, 7) is 6.13. The van der Waals surface area contributed by atoms with Crippen molar-refractivity contribution >= 4 is 15.9 Å². The van der Waals surface area contributed by atoms with Crippen molar-refractivity contribution in [3.05, 3.63) is 34.3 Å². The van der Waals surface area contributed by atoms with Gasteiger partial charge in [-0.05, 0) is 50.0 Å². The van der Waals surface area contributed by atoms with Crippen LogP contribution >= 0.6 is 15.9 Å². The molecule has 1 saturated heterocycles. The number of nitrogens with one attached hydrogen (secondary N) is 1. The third kappa shape index (κ3) is 4.85. The smallest absolute Gasteiger partial charge is 0.0667 e. The largest absolute Gasteiger partial charge is 0.392 e. The number of rotatable bonds is 6. The number of hydrogen-bond donors (Lipinski definition) is 2. The van der Waals surface area contributed by atoms with E-state index in [1.807, 2.05) is 0 Å². The molecule has 3 nitrogen and oxygen atoms in total. The SMILES string of the molecule is CCNC(CCN1CCCC(O)C1)c1ccc(Br)cc1. The lowest BCUT2D eigenvalue weighted by atomic mass is 10.0. The molecule has 0 aliphatic carbocycles. The quantitative estimate of drug-likeness (QED) is 0.835. The van der Waals surface area contributed by atoms with Gasteiger partial charge in [0.05, 0.1) is 6.10 Å². The van der Waals surface area contributed by atoms with Gasteiger partial charge in [0.15, 0.2) is 0 Å². The highest BCUT2D eigenvalue weighted by Gasteiger charge is 2.19. The van der Waals surface area contributed by atoms with Gasteiger partial charge in [-0.3, -0.25) is 0 Å². The Morgan fingerprint density at radius 3 is 2.80 bits per heavy atom. The lowest BCUT2D eigenvalue weighted by Crippen LogP contribution is -2.39. The molecule has 0 radical (unpaired) electrons. The normalized spacial score (nSPS) is 21.9. The highest BCUT2D eigenvalue weighted by molar-refractivity contribution is 9.10. The molecule has 0 saturated carbocycles. The number of aliphatic hydroxyl groups excluding tert-OH is 1. The fourth-order valence-electron chi connectivity index (χ4n) is 2.87. The number of β-amino-alcohol motifs (C(OH)–C–C–N with tert-alkyl or cyclic N) is 1. The van der Waals surface area contributed by atoms with Gasteiger partial charge in [0, 0.05) is 23.6 Å². The van der Waals surface area contributed by atoms with Gasteiger partial charge < -0.3 is 15.3 Å². The van der Waals surface area contributed by atoms with Crippen molar-refractivity contribution in [3.8, 4) is 0 Å². The van der Waals surface area contributed by atoms with E-state index in [-0.39, 0.29) is 6.10 Å². The average molecular weight is 341 g/mol. The first-order chi connectivity index (χ1) is 9.69. The van der Waals surface area contributed by atoms with Crippen molar-refractivity contribution in [3.63, 3.8) is 0 Å². The first-order valence-electron chi connectivity index (χ1n) is 7.58. The summed E-state index contributed by atoms with van der Waals surface area (Å²) in [5.74, 6) is 0. The Bertz CT molecular complexity index is 396. The average Bonchev–Trinajstić information content (AvgIpc) is 2.44. The van der Waals surface area contributed by atoms with Crippen molar-refractivity contribution in [2.24, 2.45) is 0 Å². The molecule has 2 atom stereocenters. The lowest BCUT2D eigenvalue weighted by molar-refractivity contribution is 0.0685. The molecule has 0 spiro atoms. The number of aliphatic hydroxyl groups is 1. The summed E-state index contributed by atoms with van der Waals surface area (Å²) in [4.78, 5) is 2.39. The van der Waals surface area contributed by atoms with E-state index in [1.54, 1.807) is 0 Å². The molecule has 0 amide bonds. The zero-order valence-corrected chi connectivity index (χ0v) is 13.8. The molecule has 0 bridgehead atoms. The molecule has 2 N–H and O–H groups in total. The summed E-state index contributed by atoms with van der Waals surface area (Å²) >= 11 is 3.49. The van der Waals surface area contributed by atoms with Gasteiger partial charge >= 0.3 is 0 Å². The minimum atomic E-state index is -0.131. The summed E-state index contributed by atoms with van der Waals surface area (Å²) in [7, 11) is 0. The summed E-state index contributed by atoms with van der Waals surface area (Å²) in [6.07, 6.45) is 3.03. The number of benzene rings is 1. The van der Waals surface area contributed by atoms with Crippen molar-refractivity contribution in [2.45, 2.75) is 38.3 Å². The topological polar surface area (TPSA) is 35.5 Å². The molecular formula is C16H25BrN2O. The van der Waals surface area contributed by atoms with Gasteiger partial charge in [-0.25, -0.2) is 0 Å². The molecule has 1 aliphatic rings. The number of hydrogen-bond acceptors (Lipinski definition) is 3. The lowest BCUT2D eigenvalue weighted by Gasteiger charge is -2.31. The Morgan fingerprint density at radius 2 is 2.15 bits per heavy atom. The van der Waals surface area contributed by atoms with Crippen molar-refractivity contribution in [1.82, 2.24) is 10.2 Å². The third-order valence-corrected chi connectivity index (χ3v) is 4.47. The molecule has 1 fully saturated rings. The fourth-order valence-corrected chi connectivity index (χ4v) is 3.14. The van der Waals surface area contributed by atoms with E-state index in [0.717, 1.165) is 49.9 Å². The van der Waals surface area contributed by atoms with Crippen molar-refractivity contribution in [1.29, 1.82) is 0 Å². The van der Waals surface area contributed by atoms with Gasteiger partial charge in [-0.15, -0.1) is 0 Å². The van der Waals surface area contributed by atoms with Crippen LogP contribution in [0.1, 0.15) is 37.8 Å². The Labute approximate surface area is 130 Å². The summed E-state index contributed by atoms with van der Waals surface area (Å²) in [5.41, 5.74) is 1.34. The Hall–Kier alpha value is -0.420. The molecular weight excluding hydrogens is 316 g/mol. The Kier molecular flexibility index (Phi) is 6.49. The number of piperidine rings is 1. The van der Waals surface area contributed by atoms with Crippen LogP contribution < -0.4 is 5.32 Å². The second-order valence-corrected chi connectivity index (χ2v) is 6.46. The van der Waals surface area contributed by atoms with Gasteiger partial charge in [0.25, 0.3) is 0 Å². The molecule has 1 aromatic rings. The monoisotopic (exact) mass is 340 g/mol. The van der Waals surface area contributed by atoms with Crippen LogP contribution in [0.2, 0.25) is 0 Å². The zero-order chi connectivity index (χ0) is 14.4. The predicted molar refractivity (Wildman–Crippen MR) is 86.9 cm³/mol. The first-order valence-corrected chi connectivity index (χ1v) is 8.37. The van der Waals surface area contributed by atoms with E-state index in [2.05, 4.69) is 57.3 Å². The molecule has 4 heteroatoms. The first kappa shape index (κ1) is 16.0. The number of halogens is 1. The molecule has 0 aromatic heterocycles. The van der Waals surface area contributed by atoms with E-state index in [0.29, 0.717) is 6.04 Å². The Balaban J connectivity index is 1.90. The van der Waals surface area contributed by atoms with Crippen LogP contribution in [0.3, 0.4) is 0 Å². The van der Waals surface area contributed by atoms with Crippen LogP contribution in [0.25, 0.3) is 0 Å². The molecule has 2 rings (SSSR count). The van der Waals surface area contributed by atoms with E-state index in [4.69, 9.17) is 0 Å². The maximum absolute atomic E-state index is 9.73. The Morgan fingerprint density at radius 1 is 1.40 bits per heavy atom. The van der Waals surface area contributed by atoms with Gasteiger partial charge in [0.1, 0.15) is 0 Å². The highest BCUT2D eigenvalue weighted by Crippen LogP contribution is 2.21. The minimum absolute atomic E-state index is 0.131. The van der Waals surface area contributed by atoms with E-state index < -0.39 is 0 Å². The molecule has 2 unspecified atom stereocenters. The fraction of sp³-hybridized carbons (Fsp3) is 0.625. The molecule has 112 valence electrons. The zero-order valence-electron chi connectivity index (χ0n) is 12.2. The second kappa shape index (κ2) is 8.13. The molecule has 1 aromatic carbocycles. The number of nitrogens with zero attached hydrogens (tertiary/aromatic N) is 1. The van der Waals surface area contributed by atoms with Crippen molar-refractivity contribution < 1.29 is 5.11 Å². The second-order valence-electron chi connectivity index (χ2n) is 5.55. The van der Waals surface area contributed by atoms with Crippen LogP contribution in [-0.4, -0.2) is 42.3 Å². The van der Waals surface area contributed by atoms with Gasteiger partial charge in [0.2, 0.25) is 0 Å². The standard InChI is InChI=1S/C16H25BrN2O/c1-2-18-16(13-5-7-14(17)8-6-13)9-11-19-10-3-4-15(20)12-19/h5-8,15-16,18,20H,2-4,9-12H2,1H3. The maximum Gasteiger partial charge on any atom is 0.0667 e. The van der Waals surface area contributed by atoms with E-state index in [1.165, 1.54) is 5.56 Å². The highest BCUT2D eigenvalue weighted by atomic mass is 79.9. The van der Waals surface area contributed by atoms with Crippen LogP contribution in [0.5, 0.6) is 0 Å². The predicted octanol–water partition coefficient (Wildman–Crippen LogP) is 2.95. The maximum atomic E-state index is 9.73. The van der Waals surface area contributed by atoms with Crippen LogP contribution in [-0.2, 0) is 0 Å². The third-order valence-electron chi connectivity index (χ3n) is 3.94. The molecule has 1 aliphatic heterocycles. The van der Waals surface area contributed by atoms with E-state index >= 15 is 0 Å². The van der Waals surface area contributed by atoms with Gasteiger partial charge in [-0.1, -0.05) is 35.0 Å². The summed E-state index contributed by atoms with van der Waals surface area (Å²) in [5, 5.41) is 13.3. The van der Waals surface area contributed by atoms with Crippen LogP contribution in [0.15, 0.2) is 28.7 Å². The minimum Gasteiger partial charge on any atom is -0.392 e. The van der Waals surface area contributed by atoms with E-state index in [9.17, 15) is 5.11 Å². The van der Waals surface area contributed by atoms with Crippen LogP contribution in [0.4, 0.5) is 0 Å². The van der Waals surface area contributed by atoms with Crippen LogP contribution in [0, 0.1) is 0 Å².